The molecule has 1 aliphatic heterocycles. The Labute approximate surface area is 97.5 Å². The predicted octanol–water partition coefficient (Wildman–Crippen LogP) is 1.63. The van der Waals surface area contributed by atoms with Crippen molar-refractivity contribution in [3.63, 3.8) is 0 Å². The Morgan fingerprint density at radius 1 is 0.857 bits per heavy atom. The molecule has 0 amide bonds. The molecule has 1 heterocycles. The fraction of sp³-hybridized carbons (Fsp3) is 0.400. The Morgan fingerprint density at radius 2 is 1.29 bits per heavy atom. The van der Waals surface area contributed by atoms with Crippen molar-refractivity contribution in [1.29, 1.82) is 0 Å². The Hall–Kier alpha value is -0.220. The zero-order valence-electron chi connectivity index (χ0n) is 8.09. The SMILES string of the molecule is C1CNCCN1.Clc1ccccc1.S. The Bertz CT molecular complexity index is 203. The van der Waals surface area contributed by atoms with Crippen LogP contribution < -0.4 is 10.6 Å². The number of hydrogen-bond donors (Lipinski definition) is 2. The highest BCUT2D eigenvalue weighted by Crippen LogP contribution is 2.03. The van der Waals surface area contributed by atoms with Crippen LogP contribution in [0.15, 0.2) is 30.3 Å². The topological polar surface area (TPSA) is 24.1 Å². The molecule has 0 spiro atoms. The smallest absolute Gasteiger partial charge is 0.0405 e. The molecule has 1 aromatic carbocycles. The maximum Gasteiger partial charge on any atom is 0.0405 e. The summed E-state index contributed by atoms with van der Waals surface area (Å²) in [4.78, 5) is 0. The first-order chi connectivity index (χ1) is 6.39. The van der Waals surface area contributed by atoms with Gasteiger partial charge in [-0.2, -0.15) is 13.5 Å². The molecule has 2 N–H and O–H groups in total. The molecule has 80 valence electrons. The third-order valence-electron chi connectivity index (χ3n) is 1.69. The molecule has 2 rings (SSSR count). The number of rotatable bonds is 0. The van der Waals surface area contributed by atoms with E-state index in [1.807, 2.05) is 30.3 Å². The van der Waals surface area contributed by atoms with Gasteiger partial charge >= 0.3 is 0 Å². The zero-order chi connectivity index (χ0) is 9.36. The van der Waals surface area contributed by atoms with E-state index in [-0.39, 0.29) is 13.5 Å². The molecule has 1 aliphatic rings. The normalized spacial score (nSPS) is 14.6. The molecule has 0 radical (unpaired) electrons. The van der Waals surface area contributed by atoms with Gasteiger partial charge in [0, 0.05) is 31.2 Å². The summed E-state index contributed by atoms with van der Waals surface area (Å²) in [5.74, 6) is 0. The van der Waals surface area contributed by atoms with E-state index in [2.05, 4.69) is 10.6 Å². The molecule has 4 heteroatoms. The van der Waals surface area contributed by atoms with Crippen molar-refractivity contribution in [2.75, 3.05) is 26.2 Å². The molecule has 0 aromatic heterocycles. The molecule has 1 fully saturated rings. The van der Waals surface area contributed by atoms with Crippen molar-refractivity contribution in [1.82, 2.24) is 10.6 Å². The van der Waals surface area contributed by atoms with E-state index in [0.29, 0.717) is 0 Å². The molecular weight excluding hydrogens is 216 g/mol. The van der Waals surface area contributed by atoms with Crippen LogP contribution in [0.4, 0.5) is 0 Å². The van der Waals surface area contributed by atoms with Crippen LogP contribution in [0.3, 0.4) is 0 Å². The van der Waals surface area contributed by atoms with Gasteiger partial charge in [-0.3, -0.25) is 0 Å². The van der Waals surface area contributed by atoms with Gasteiger partial charge in [-0.05, 0) is 12.1 Å². The van der Waals surface area contributed by atoms with Gasteiger partial charge in [0.15, 0.2) is 0 Å². The van der Waals surface area contributed by atoms with Crippen LogP contribution >= 0.6 is 25.1 Å². The standard InChI is InChI=1S/C6H5Cl.C4H10N2.H2S/c7-6-4-2-1-3-5-6;1-2-6-4-3-5-1;/h1-5H;5-6H,1-4H2;1H2. The lowest BCUT2D eigenvalue weighted by Crippen LogP contribution is -2.39. The second-order valence-corrected chi connectivity index (χ2v) is 3.23. The van der Waals surface area contributed by atoms with Crippen LogP contribution in [0.5, 0.6) is 0 Å². The number of hydrogen-bond acceptors (Lipinski definition) is 2. The Kier molecular flexibility index (Phi) is 9.19. The average Bonchev–Trinajstić information content (AvgIpc) is 2.22. The van der Waals surface area contributed by atoms with E-state index in [9.17, 15) is 0 Å². The van der Waals surface area contributed by atoms with Gasteiger partial charge in [-0.15, -0.1) is 0 Å². The highest BCUT2D eigenvalue weighted by atomic mass is 35.5. The predicted molar refractivity (Wildman–Crippen MR) is 67.6 cm³/mol. The van der Waals surface area contributed by atoms with Crippen LogP contribution in [0.1, 0.15) is 0 Å². The molecule has 1 aromatic rings. The van der Waals surface area contributed by atoms with E-state index in [1.165, 1.54) is 0 Å². The molecule has 0 atom stereocenters. The van der Waals surface area contributed by atoms with Gasteiger partial charge in [0.2, 0.25) is 0 Å². The monoisotopic (exact) mass is 232 g/mol. The van der Waals surface area contributed by atoms with Gasteiger partial charge in [0.25, 0.3) is 0 Å². The van der Waals surface area contributed by atoms with E-state index >= 15 is 0 Å². The Balaban J connectivity index is 0.000000227. The van der Waals surface area contributed by atoms with Gasteiger partial charge < -0.3 is 10.6 Å². The minimum atomic E-state index is 0. The highest BCUT2D eigenvalue weighted by molar-refractivity contribution is 7.59. The van der Waals surface area contributed by atoms with Crippen molar-refractivity contribution in [3.8, 4) is 0 Å². The lowest BCUT2D eigenvalue weighted by molar-refractivity contribution is 0.534. The van der Waals surface area contributed by atoms with Crippen molar-refractivity contribution >= 4 is 25.1 Å². The summed E-state index contributed by atoms with van der Waals surface area (Å²) in [5.41, 5.74) is 0. The summed E-state index contributed by atoms with van der Waals surface area (Å²) in [6.45, 7) is 4.56. The summed E-state index contributed by atoms with van der Waals surface area (Å²) in [6, 6.07) is 9.44. The van der Waals surface area contributed by atoms with E-state index in [0.717, 1.165) is 31.2 Å². The van der Waals surface area contributed by atoms with Gasteiger partial charge in [0.1, 0.15) is 0 Å². The van der Waals surface area contributed by atoms with E-state index in [4.69, 9.17) is 11.6 Å². The second-order valence-electron chi connectivity index (χ2n) is 2.80. The van der Waals surface area contributed by atoms with E-state index in [1.54, 1.807) is 0 Å². The molecule has 1 saturated heterocycles. The number of benzene rings is 1. The van der Waals surface area contributed by atoms with Gasteiger partial charge in [-0.25, -0.2) is 0 Å². The fourth-order valence-corrected chi connectivity index (χ4v) is 1.16. The summed E-state index contributed by atoms with van der Waals surface area (Å²) in [5, 5.41) is 7.24. The second kappa shape index (κ2) is 9.34. The molecule has 0 aliphatic carbocycles. The van der Waals surface area contributed by atoms with Gasteiger partial charge in [-0.1, -0.05) is 29.8 Å². The first-order valence-electron chi connectivity index (χ1n) is 4.51. The third-order valence-corrected chi connectivity index (χ3v) is 1.94. The summed E-state index contributed by atoms with van der Waals surface area (Å²) in [6.07, 6.45) is 0. The minimum Gasteiger partial charge on any atom is -0.314 e. The number of nitrogens with one attached hydrogen (secondary N) is 2. The molecule has 2 nitrogen and oxygen atoms in total. The van der Waals surface area contributed by atoms with Crippen molar-refractivity contribution < 1.29 is 0 Å². The lowest BCUT2D eigenvalue weighted by atomic mass is 10.4. The van der Waals surface area contributed by atoms with Gasteiger partial charge in [0.05, 0.1) is 0 Å². The molecule has 0 bridgehead atoms. The maximum absolute atomic E-state index is 5.54. The van der Waals surface area contributed by atoms with Crippen molar-refractivity contribution in [2.45, 2.75) is 0 Å². The number of halogens is 1. The van der Waals surface area contributed by atoms with Crippen LogP contribution in [-0.2, 0) is 0 Å². The summed E-state index contributed by atoms with van der Waals surface area (Å²) < 4.78 is 0. The molecular formula is C10H17ClN2S. The van der Waals surface area contributed by atoms with Crippen LogP contribution in [0.25, 0.3) is 0 Å². The van der Waals surface area contributed by atoms with Crippen molar-refractivity contribution in [2.24, 2.45) is 0 Å². The van der Waals surface area contributed by atoms with Crippen molar-refractivity contribution in [3.05, 3.63) is 35.4 Å². The largest absolute Gasteiger partial charge is 0.314 e. The molecule has 0 unspecified atom stereocenters. The highest BCUT2D eigenvalue weighted by Gasteiger charge is 1.91. The maximum atomic E-state index is 5.54. The third kappa shape index (κ3) is 7.21. The summed E-state index contributed by atoms with van der Waals surface area (Å²) >= 11 is 5.54. The minimum absolute atomic E-state index is 0. The zero-order valence-corrected chi connectivity index (χ0v) is 9.85. The number of piperazine rings is 1. The first-order valence-corrected chi connectivity index (χ1v) is 4.89. The fourth-order valence-electron chi connectivity index (χ4n) is 1.02. The molecule has 0 saturated carbocycles. The molecule has 14 heavy (non-hydrogen) atoms. The van der Waals surface area contributed by atoms with Crippen LogP contribution in [-0.4, -0.2) is 26.2 Å². The Morgan fingerprint density at radius 3 is 1.50 bits per heavy atom. The van der Waals surface area contributed by atoms with Crippen LogP contribution in [0, 0.1) is 0 Å². The average molecular weight is 233 g/mol. The van der Waals surface area contributed by atoms with E-state index < -0.39 is 0 Å². The van der Waals surface area contributed by atoms with Crippen LogP contribution in [0.2, 0.25) is 5.02 Å². The lowest BCUT2D eigenvalue weighted by Gasteiger charge is -2.11. The first kappa shape index (κ1) is 13.8. The summed E-state index contributed by atoms with van der Waals surface area (Å²) in [7, 11) is 0. The quantitative estimate of drug-likeness (QED) is 0.711.